The van der Waals surface area contributed by atoms with Gasteiger partial charge in [-0.15, -0.1) is 0 Å². The van der Waals surface area contributed by atoms with Gasteiger partial charge in [-0.3, -0.25) is 9.78 Å². The van der Waals surface area contributed by atoms with E-state index in [1.807, 2.05) is 41.6 Å². The molecule has 0 saturated heterocycles. The van der Waals surface area contributed by atoms with Gasteiger partial charge in [-0.25, -0.2) is 4.98 Å². The molecule has 0 spiro atoms. The van der Waals surface area contributed by atoms with Gasteiger partial charge in [0.2, 0.25) is 0 Å². The molecule has 0 amide bonds. The summed E-state index contributed by atoms with van der Waals surface area (Å²) in [4.78, 5) is 22.2. The predicted molar refractivity (Wildman–Crippen MR) is 73.9 cm³/mol. The topological polar surface area (TPSA) is 70.7 Å². The van der Waals surface area contributed by atoms with Gasteiger partial charge in [0.15, 0.2) is 0 Å². The van der Waals surface area contributed by atoms with Gasteiger partial charge in [0.05, 0.1) is 18.6 Å². The molecule has 6 heteroatoms. The second-order valence-corrected chi connectivity index (χ2v) is 4.59. The van der Waals surface area contributed by atoms with E-state index in [2.05, 4.69) is 20.3 Å². The molecular formula is C11H11IN4O. The van der Waals surface area contributed by atoms with Crippen molar-refractivity contribution in [2.75, 3.05) is 5.32 Å². The van der Waals surface area contributed by atoms with Crippen molar-refractivity contribution in [1.29, 1.82) is 0 Å². The summed E-state index contributed by atoms with van der Waals surface area (Å²) in [6.07, 6.45) is 3.14. The number of nitrogens with one attached hydrogen (secondary N) is 2. The Bertz CT molecular complexity index is 582. The van der Waals surface area contributed by atoms with E-state index in [4.69, 9.17) is 0 Å². The normalized spacial score (nSPS) is 10.2. The fourth-order valence-corrected chi connectivity index (χ4v) is 1.86. The summed E-state index contributed by atoms with van der Waals surface area (Å²) in [6.45, 7) is 2.55. The Hall–Kier alpha value is -1.44. The summed E-state index contributed by atoms with van der Waals surface area (Å²) >= 11 is 1.97. The summed E-state index contributed by atoms with van der Waals surface area (Å²) < 4.78 is 0.554. The molecule has 0 saturated carbocycles. The van der Waals surface area contributed by atoms with Crippen LogP contribution in [0.15, 0.2) is 29.5 Å². The van der Waals surface area contributed by atoms with Crippen LogP contribution in [0.25, 0.3) is 0 Å². The number of aromatic nitrogens is 3. The summed E-state index contributed by atoms with van der Waals surface area (Å²) in [5, 5.41) is 3.11. The molecule has 2 rings (SSSR count). The van der Waals surface area contributed by atoms with Crippen LogP contribution in [0, 0.1) is 10.5 Å². The molecule has 0 aromatic carbocycles. The van der Waals surface area contributed by atoms with Crippen molar-refractivity contribution in [3.8, 4) is 0 Å². The van der Waals surface area contributed by atoms with Gasteiger partial charge in [-0.05, 0) is 41.1 Å². The third-order valence-corrected chi connectivity index (χ3v) is 3.34. The van der Waals surface area contributed by atoms with Crippen molar-refractivity contribution in [2.45, 2.75) is 13.5 Å². The maximum absolute atomic E-state index is 11.4. The second-order valence-electron chi connectivity index (χ2n) is 3.51. The molecule has 0 atom stereocenters. The highest BCUT2D eigenvalue weighted by Crippen LogP contribution is 2.11. The number of halogens is 1. The van der Waals surface area contributed by atoms with E-state index in [9.17, 15) is 4.79 Å². The highest BCUT2D eigenvalue weighted by molar-refractivity contribution is 14.1. The monoisotopic (exact) mass is 342 g/mol. The van der Waals surface area contributed by atoms with Gasteiger partial charge in [-0.1, -0.05) is 6.07 Å². The number of H-pyrrole nitrogens is 1. The Morgan fingerprint density at radius 3 is 3.06 bits per heavy atom. The largest absolute Gasteiger partial charge is 0.363 e. The van der Waals surface area contributed by atoms with Gasteiger partial charge >= 0.3 is 0 Å². The molecule has 0 aliphatic rings. The van der Waals surface area contributed by atoms with Crippen LogP contribution in [0.1, 0.15) is 11.3 Å². The molecule has 2 aromatic rings. The van der Waals surface area contributed by atoms with Crippen LogP contribution < -0.4 is 10.9 Å². The molecular weight excluding hydrogens is 331 g/mol. The highest BCUT2D eigenvalue weighted by atomic mass is 127. The average molecular weight is 342 g/mol. The number of hydrogen-bond donors (Lipinski definition) is 2. The second kappa shape index (κ2) is 5.26. The first-order chi connectivity index (χ1) is 8.18. The first kappa shape index (κ1) is 12.0. The van der Waals surface area contributed by atoms with Crippen LogP contribution in [-0.4, -0.2) is 15.0 Å². The van der Waals surface area contributed by atoms with E-state index in [0.717, 1.165) is 11.3 Å². The lowest BCUT2D eigenvalue weighted by Gasteiger charge is -2.07. The van der Waals surface area contributed by atoms with Crippen LogP contribution in [-0.2, 0) is 6.54 Å². The number of nitrogens with zero attached hydrogens (tertiary/aromatic N) is 2. The zero-order valence-electron chi connectivity index (χ0n) is 9.20. The highest BCUT2D eigenvalue weighted by Gasteiger charge is 2.05. The van der Waals surface area contributed by atoms with Crippen molar-refractivity contribution in [2.24, 2.45) is 0 Å². The lowest BCUT2D eigenvalue weighted by molar-refractivity contribution is 0.987. The van der Waals surface area contributed by atoms with E-state index < -0.39 is 0 Å². The standard InChI is InChI=1S/C11H11IN4O/c1-7-3-2-4-13-8(7)5-14-10-9(12)11(17)16-6-15-10/h2-4,6H,5H2,1H3,(H2,14,15,16,17). The van der Waals surface area contributed by atoms with E-state index in [-0.39, 0.29) is 5.56 Å². The minimum absolute atomic E-state index is 0.138. The number of aryl methyl sites for hydroxylation is 1. The molecule has 0 aliphatic heterocycles. The van der Waals surface area contributed by atoms with Crippen molar-refractivity contribution >= 4 is 28.4 Å². The van der Waals surface area contributed by atoms with Gasteiger partial charge in [0.25, 0.3) is 5.56 Å². The minimum Gasteiger partial charge on any atom is -0.363 e. The average Bonchev–Trinajstić information content (AvgIpc) is 2.33. The molecule has 0 bridgehead atoms. The lowest BCUT2D eigenvalue weighted by Crippen LogP contribution is -2.15. The van der Waals surface area contributed by atoms with Crippen LogP contribution >= 0.6 is 22.6 Å². The summed E-state index contributed by atoms with van der Waals surface area (Å²) in [7, 11) is 0. The van der Waals surface area contributed by atoms with Crippen molar-refractivity contribution in [3.63, 3.8) is 0 Å². The zero-order chi connectivity index (χ0) is 12.3. The molecule has 0 radical (unpaired) electrons. The summed E-state index contributed by atoms with van der Waals surface area (Å²) in [6, 6.07) is 3.90. The van der Waals surface area contributed by atoms with Crippen LogP contribution in [0.2, 0.25) is 0 Å². The SMILES string of the molecule is Cc1cccnc1CNc1nc[nH]c(=O)c1I. The maximum atomic E-state index is 11.4. The van der Waals surface area contributed by atoms with Gasteiger partial charge in [0.1, 0.15) is 9.39 Å². The number of hydrogen-bond acceptors (Lipinski definition) is 4. The number of aromatic amines is 1. The van der Waals surface area contributed by atoms with Gasteiger partial charge in [0, 0.05) is 6.20 Å². The molecule has 2 N–H and O–H groups in total. The van der Waals surface area contributed by atoms with E-state index in [1.165, 1.54) is 6.33 Å². The van der Waals surface area contributed by atoms with E-state index >= 15 is 0 Å². The molecule has 88 valence electrons. The lowest BCUT2D eigenvalue weighted by atomic mass is 10.2. The molecule has 2 aromatic heterocycles. The first-order valence-corrected chi connectivity index (χ1v) is 6.14. The zero-order valence-corrected chi connectivity index (χ0v) is 11.4. The van der Waals surface area contributed by atoms with Gasteiger partial charge in [-0.2, -0.15) is 0 Å². The minimum atomic E-state index is -0.138. The Morgan fingerprint density at radius 1 is 1.47 bits per heavy atom. The fourth-order valence-electron chi connectivity index (χ4n) is 1.38. The van der Waals surface area contributed by atoms with Crippen molar-refractivity contribution in [3.05, 3.63) is 49.8 Å². The Morgan fingerprint density at radius 2 is 2.29 bits per heavy atom. The third-order valence-electron chi connectivity index (χ3n) is 2.34. The Balaban J connectivity index is 2.16. The molecule has 0 aliphatic carbocycles. The van der Waals surface area contributed by atoms with Crippen LogP contribution in [0.5, 0.6) is 0 Å². The van der Waals surface area contributed by atoms with Crippen molar-refractivity contribution < 1.29 is 0 Å². The smallest absolute Gasteiger partial charge is 0.266 e. The molecule has 0 unspecified atom stereocenters. The molecule has 5 nitrogen and oxygen atoms in total. The molecule has 0 fully saturated rings. The molecule has 17 heavy (non-hydrogen) atoms. The Kier molecular flexibility index (Phi) is 3.72. The summed E-state index contributed by atoms with van der Waals surface area (Å²) in [5.41, 5.74) is 1.92. The first-order valence-electron chi connectivity index (χ1n) is 5.06. The number of pyridine rings is 1. The van der Waals surface area contributed by atoms with Crippen molar-refractivity contribution in [1.82, 2.24) is 15.0 Å². The van der Waals surface area contributed by atoms with Gasteiger partial charge < -0.3 is 10.3 Å². The maximum Gasteiger partial charge on any atom is 0.266 e. The quantitative estimate of drug-likeness (QED) is 0.833. The van der Waals surface area contributed by atoms with Crippen LogP contribution in [0.3, 0.4) is 0 Å². The van der Waals surface area contributed by atoms with Crippen LogP contribution in [0.4, 0.5) is 5.82 Å². The number of rotatable bonds is 3. The fraction of sp³-hybridized carbons (Fsp3) is 0.182. The van der Waals surface area contributed by atoms with E-state index in [1.54, 1.807) is 6.20 Å². The predicted octanol–water partition coefficient (Wildman–Crippen LogP) is 1.69. The third kappa shape index (κ3) is 2.82. The molecule has 2 heterocycles. The van der Waals surface area contributed by atoms with E-state index in [0.29, 0.717) is 15.9 Å². The Labute approximate surface area is 112 Å². The summed E-state index contributed by atoms with van der Waals surface area (Å²) in [5.74, 6) is 0.583. The number of anilines is 1.